The molecule has 0 bridgehead atoms. The van der Waals surface area contributed by atoms with Crippen LogP contribution in [0.3, 0.4) is 0 Å². The lowest BCUT2D eigenvalue weighted by Crippen LogP contribution is -2.36. The molecule has 1 unspecified atom stereocenters. The van der Waals surface area contributed by atoms with Gasteiger partial charge in [0.15, 0.2) is 0 Å². The fraction of sp³-hybridized carbons (Fsp3) is 0.333. The number of hydrogen-bond donors (Lipinski definition) is 1. The molecule has 1 atom stereocenters. The van der Waals surface area contributed by atoms with Crippen molar-refractivity contribution < 1.29 is 9.90 Å². The molecule has 1 saturated heterocycles. The average Bonchev–Trinajstić information content (AvgIpc) is 2.77. The number of halogens is 1. The Balaban J connectivity index is 2.34. The van der Waals surface area contributed by atoms with E-state index in [0.717, 1.165) is 6.42 Å². The summed E-state index contributed by atoms with van der Waals surface area (Å²) in [7, 11) is 0. The normalized spacial score (nSPS) is 19.1. The highest BCUT2D eigenvalue weighted by Gasteiger charge is 2.31. The first-order chi connectivity index (χ1) is 8.13. The summed E-state index contributed by atoms with van der Waals surface area (Å²) < 4.78 is 0. The van der Waals surface area contributed by atoms with Crippen LogP contribution in [0.1, 0.15) is 18.4 Å². The zero-order valence-electron chi connectivity index (χ0n) is 9.06. The summed E-state index contributed by atoms with van der Waals surface area (Å²) in [6.07, 6.45) is 1.47. The van der Waals surface area contributed by atoms with E-state index in [1.54, 1.807) is 23.1 Å². The number of anilines is 1. The van der Waals surface area contributed by atoms with Gasteiger partial charge in [0.2, 0.25) is 0 Å². The van der Waals surface area contributed by atoms with Crippen LogP contribution in [0, 0.1) is 11.3 Å². The quantitative estimate of drug-likeness (QED) is 0.875. The maximum atomic E-state index is 11.1. The van der Waals surface area contributed by atoms with Gasteiger partial charge < -0.3 is 10.0 Å². The standard InChI is InChI=1S/C12H11ClN2O2/c13-9-6-8(7-14)3-4-10(9)15-5-1-2-11(15)12(16)17/h3-4,6,11H,1-2,5H2,(H,16,17). The van der Waals surface area contributed by atoms with E-state index in [-0.39, 0.29) is 0 Å². The van der Waals surface area contributed by atoms with Crippen molar-refractivity contribution in [3.8, 4) is 6.07 Å². The highest BCUT2D eigenvalue weighted by atomic mass is 35.5. The van der Waals surface area contributed by atoms with E-state index >= 15 is 0 Å². The van der Waals surface area contributed by atoms with E-state index in [1.807, 2.05) is 6.07 Å². The summed E-state index contributed by atoms with van der Waals surface area (Å²) in [5, 5.41) is 18.3. The average molecular weight is 251 g/mol. The van der Waals surface area contributed by atoms with Gasteiger partial charge in [-0.05, 0) is 31.0 Å². The van der Waals surface area contributed by atoms with Crippen LogP contribution >= 0.6 is 11.6 Å². The van der Waals surface area contributed by atoms with E-state index in [0.29, 0.717) is 29.2 Å². The Kier molecular flexibility index (Phi) is 3.21. The fourth-order valence-corrected chi connectivity index (χ4v) is 2.41. The van der Waals surface area contributed by atoms with E-state index in [9.17, 15) is 4.79 Å². The molecule has 0 aromatic heterocycles. The minimum absolute atomic E-state index is 0.428. The molecule has 1 heterocycles. The number of carbonyl (C=O) groups is 1. The third kappa shape index (κ3) is 2.20. The number of carboxylic acids is 1. The summed E-state index contributed by atoms with van der Waals surface area (Å²) in [5.41, 5.74) is 1.17. The van der Waals surface area contributed by atoms with Crippen LogP contribution in [-0.4, -0.2) is 23.7 Å². The van der Waals surface area contributed by atoms with Gasteiger partial charge in [-0.15, -0.1) is 0 Å². The van der Waals surface area contributed by atoms with E-state index < -0.39 is 12.0 Å². The third-order valence-electron chi connectivity index (χ3n) is 2.92. The maximum Gasteiger partial charge on any atom is 0.326 e. The summed E-state index contributed by atoms with van der Waals surface area (Å²) in [4.78, 5) is 12.9. The Morgan fingerprint density at radius 3 is 2.94 bits per heavy atom. The molecule has 0 amide bonds. The molecule has 1 aliphatic rings. The van der Waals surface area contributed by atoms with Gasteiger partial charge in [-0.2, -0.15) is 5.26 Å². The molecule has 1 aromatic carbocycles. The lowest BCUT2D eigenvalue weighted by molar-refractivity contribution is -0.138. The van der Waals surface area contributed by atoms with E-state index in [4.69, 9.17) is 22.0 Å². The molecular weight excluding hydrogens is 240 g/mol. The second-order valence-corrected chi connectivity index (χ2v) is 4.37. The lowest BCUT2D eigenvalue weighted by Gasteiger charge is -2.24. The SMILES string of the molecule is N#Cc1ccc(N2CCCC2C(=O)O)c(Cl)c1. The minimum atomic E-state index is -0.831. The van der Waals surface area contributed by atoms with Gasteiger partial charge in [0.05, 0.1) is 22.3 Å². The van der Waals surface area contributed by atoms with Crippen LogP contribution in [0.15, 0.2) is 18.2 Å². The summed E-state index contributed by atoms with van der Waals surface area (Å²) in [6, 6.07) is 6.41. The van der Waals surface area contributed by atoms with Crippen LogP contribution < -0.4 is 4.90 Å². The van der Waals surface area contributed by atoms with Crippen molar-refractivity contribution >= 4 is 23.3 Å². The first-order valence-electron chi connectivity index (χ1n) is 5.32. The molecule has 5 heteroatoms. The molecule has 88 valence electrons. The van der Waals surface area contributed by atoms with Crippen molar-refractivity contribution in [1.29, 1.82) is 5.26 Å². The molecular formula is C12H11ClN2O2. The van der Waals surface area contributed by atoms with Gasteiger partial charge in [-0.25, -0.2) is 4.79 Å². The summed E-state index contributed by atoms with van der Waals surface area (Å²) in [6.45, 7) is 0.683. The molecule has 1 aromatic rings. The van der Waals surface area contributed by atoms with Crippen molar-refractivity contribution in [1.82, 2.24) is 0 Å². The van der Waals surface area contributed by atoms with Crippen molar-refractivity contribution in [2.24, 2.45) is 0 Å². The molecule has 1 fully saturated rings. The van der Waals surface area contributed by atoms with Crippen molar-refractivity contribution in [2.45, 2.75) is 18.9 Å². The summed E-state index contributed by atoms with van der Waals surface area (Å²) in [5.74, 6) is -0.831. The van der Waals surface area contributed by atoms with Crippen LogP contribution in [0.2, 0.25) is 5.02 Å². The zero-order chi connectivity index (χ0) is 12.4. The molecule has 17 heavy (non-hydrogen) atoms. The first kappa shape index (κ1) is 11.7. The lowest BCUT2D eigenvalue weighted by atomic mass is 10.2. The molecule has 0 radical (unpaired) electrons. The topological polar surface area (TPSA) is 64.3 Å². The second-order valence-electron chi connectivity index (χ2n) is 3.97. The smallest absolute Gasteiger partial charge is 0.326 e. The fourth-order valence-electron chi connectivity index (χ4n) is 2.12. The van der Waals surface area contributed by atoms with Crippen molar-refractivity contribution in [3.63, 3.8) is 0 Å². The van der Waals surface area contributed by atoms with Crippen molar-refractivity contribution in [2.75, 3.05) is 11.4 Å². The highest BCUT2D eigenvalue weighted by Crippen LogP contribution is 2.32. The Morgan fingerprint density at radius 1 is 1.59 bits per heavy atom. The van der Waals surface area contributed by atoms with Gasteiger partial charge in [-0.3, -0.25) is 0 Å². The van der Waals surface area contributed by atoms with Gasteiger partial charge in [0.25, 0.3) is 0 Å². The molecule has 0 aliphatic carbocycles. The number of hydrogen-bond acceptors (Lipinski definition) is 3. The van der Waals surface area contributed by atoms with E-state index in [1.165, 1.54) is 0 Å². The highest BCUT2D eigenvalue weighted by molar-refractivity contribution is 6.33. The zero-order valence-corrected chi connectivity index (χ0v) is 9.81. The largest absolute Gasteiger partial charge is 0.480 e. The van der Waals surface area contributed by atoms with Crippen molar-refractivity contribution in [3.05, 3.63) is 28.8 Å². The predicted octanol–water partition coefficient (Wildman–Crippen LogP) is 2.27. The predicted molar refractivity (Wildman–Crippen MR) is 64.2 cm³/mol. The number of benzene rings is 1. The molecule has 1 aliphatic heterocycles. The van der Waals surface area contributed by atoms with Crippen LogP contribution in [0.25, 0.3) is 0 Å². The van der Waals surface area contributed by atoms with Crippen LogP contribution in [0.4, 0.5) is 5.69 Å². The number of carboxylic acid groups (broad SMARTS) is 1. The summed E-state index contributed by atoms with van der Waals surface area (Å²) >= 11 is 6.07. The Morgan fingerprint density at radius 2 is 2.35 bits per heavy atom. The Hall–Kier alpha value is -1.73. The Labute approximate surface area is 104 Å². The number of aliphatic carboxylic acids is 1. The van der Waals surface area contributed by atoms with E-state index in [2.05, 4.69) is 0 Å². The first-order valence-corrected chi connectivity index (χ1v) is 5.70. The van der Waals surface area contributed by atoms with Gasteiger partial charge in [-0.1, -0.05) is 11.6 Å². The molecule has 0 spiro atoms. The molecule has 0 saturated carbocycles. The Bertz CT molecular complexity index is 496. The van der Waals surface area contributed by atoms with Gasteiger partial charge >= 0.3 is 5.97 Å². The van der Waals surface area contributed by atoms with Crippen LogP contribution in [0.5, 0.6) is 0 Å². The second kappa shape index (κ2) is 4.64. The molecule has 2 rings (SSSR count). The van der Waals surface area contributed by atoms with Crippen LogP contribution in [-0.2, 0) is 4.79 Å². The monoisotopic (exact) mass is 250 g/mol. The number of nitrogens with zero attached hydrogens (tertiary/aromatic N) is 2. The maximum absolute atomic E-state index is 11.1. The van der Waals surface area contributed by atoms with Gasteiger partial charge in [0, 0.05) is 6.54 Å². The van der Waals surface area contributed by atoms with Gasteiger partial charge in [0.1, 0.15) is 6.04 Å². The third-order valence-corrected chi connectivity index (χ3v) is 3.23. The molecule has 1 N–H and O–H groups in total. The molecule has 4 nitrogen and oxygen atoms in total. The minimum Gasteiger partial charge on any atom is -0.480 e. The number of rotatable bonds is 2. The number of nitriles is 1.